The number of likely N-dealkylation sites (tertiary alicyclic amines) is 1. The number of fused-ring (bicyclic) bond motifs is 1. The molecule has 2 N–H and O–H groups in total. The van der Waals surface area contributed by atoms with Crippen molar-refractivity contribution < 1.29 is 19.4 Å². The number of nitrogens with zero attached hydrogens (tertiary/aromatic N) is 3. The van der Waals surface area contributed by atoms with Gasteiger partial charge in [0.15, 0.2) is 0 Å². The van der Waals surface area contributed by atoms with Crippen molar-refractivity contribution >= 4 is 45.8 Å². The lowest BCUT2D eigenvalue weighted by Gasteiger charge is -2.40. The van der Waals surface area contributed by atoms with Gasteiger partial charge in [0.05, 0.1) is 22.5 Å². The van der Waals surface area contributed by atoms with Crippen LogP contribution in [0.5, 0.6) is 0 Å². The first-order valence-corrected chi connectivity index (χ1v) is 13.2. The van der Waals surface area contributed by atoms with E-state index in [2.05, 4.69) is 14.9 Å². The zero-order valence-corrected chi connectivity index (χ0v) is 21.3. The number of carbonyl (C=O) groups is 2. The van der Waals surface area contributed by atoms with Crippen LogP contribution in [0.3, 0.4) is 0 Å². The van der Waals surface area contributed by atoms with Crippen molar-refractivity contribution in [3.05, 3.63) is 16.6 Å². The third-order valence-corrected chi connectivity index (χ3v) is 8.88. The third kappa shape index (κ3) is 5.27. The molecule has 2 aliphatic heterocycles. The summed E-state index contributed by atoms with van der Waals surface area (Å²) in [5.74, 6) is -0.807. The summed E-state index contributed by atoms with van der Waals surface area (Å²) in [5, 5.41) is 18.3. The molecule has 5 rings (SSSR count). The molecule has 3 fully saturated rings. The highest BCUT2D eigenvalue weighted by Crippen LogP contribution is 2.34. The first kappa shape index (κ1) is 25.4. The van der Waals surface area contributed by atoms with Crippen LogP contribution in [0.25, 0.3) is 10.2 Å². The number of piperidine rings is 1. The molecule has 3 aliphatic rings. The molecular formula is C24H35ClN4O4S. The smallest absolute Gasteiger partial charge is 0.306 e. The van der Waals surface area contributed by atoms with Crippen molar-refractivity contribution in [3.63, 3.8) is 0 Å². The Kier molecular flexibility index (Phi) is 8.17. The minimum atomic E-state index is -0.655. The number of thiophene rings is 1. The van der Waals surface area contributed by atoms with E-state index < -0.39 is 5.97 Å². The normalized spacial score (nSPS) is 25.2. The number of aryl methyl sites for hydroxylation is 1. The molecule has 0 unspecified atom stereocenters. The number of carboxylic acids is 1. The van der Waals surface area contributed by atoms with E-state index in [0.717, 1.165) is 98.5 Å². The third-order valence-electron chi connectivity index (χ3n) is 7.76. The first-order valence-electron chi connectivity index (χ1n) is 12.3. The highest BCUT2D eigenvalue weighted by Gasteiger charge is 2.32. The van der Waals surface area contributed by atoms with Gasteiger partial charge in [0.2, 0.25) is 0 Å². The van der Waals surface area contributed by atoms with E-state index in [0.29, 0.717) is 12.1 Å². The summed E-state index contributed by atoms with van der Waals surface area (Å²) in [6.45, 7) is 5.31. The molecule has 2 aromatic rings. The van der Waals surface area contributed by atoms with Crippen LogP contribution in [0.2, 0.25) is 0 Å². The molecule has 8 nitrogen and oxygen atoms in total. The number of aromatic nitrogens is 2. The van der Waals surface area contributed by atoms with Crippen LogP contribution >= 0.6 is 23.7 Å². The van der Waals surface area contributed by atoms with Gasteiger partial charge in [-0.25, -0.2) is 0 Å². The second-order valence-electron chi connectivity index (χ2n) is 9.83. The topological polar surface area (TPSA) is 96.7 Å². The molecule has 1 aliphatic carbocycles. The number of hydrogen-bond acceptors (Lipinski definition) is 6. The molecule has 188 valence electrons. The van der Waals surface area contributed by atoms with E-state index in [1.165, 1.54) is 0 Å². The summed E-state index contributed by atoms with van der Waals surface area (Å²) in [6.07, 6.45) is 7.52. The van der Waals surface area contributed by atoms with Crippen LogP contribution in [-0.4, -0.2) is 70.1 Å². The van der Waals surface area contributed by atoms with E-state index in [4.69, 9.17) is 9.84 Å². The fourth-order valence-electron chi connectivity index (χ4n) is 5.71. The Labute approximate surface area is 210 Å². The van der Waals surface area contributed by atoms with Gasteiger partial charge in [-0.3, -0.25) is 14.3 Å². The zero-order chi connectivity index (χ0) is 22.9. The number of hydrogen-bond donors (Lipinski definition) is 2. The Bertz CT molecular complexity index is 1000. The molecule has 0 bridgehead atoms. The summed E-state index contributed by atoms with van der Waals surface area (Å²) in [5.41, 5.74) is 0.985. The van der Waals surface area contributed by atoms with E-state index in [-0.39, 0.29) is 30.3 Å². The van der Waals surface area contributed by atoms with Gasteiger partial charge in [-0.1, -0.05) is 0 Å². The van der Waals surface area contributed by atoms with Gasteiger partial charge in [0.25, 0.3) is 5.91 Å². The minimum absolute atomic E-state index is 0. The molecule has 1 amide bonds. The van der Waals surface area contributed by atoms with Gasteiger partial charge in [-0.2, -0.15) is 5.10 Å². The maximum absolute atomic E-state index is 13.0. The van der Waals surface area contributed by atoms with Gasteiger partial charge in [-0.05, 0) is 77.4 Å². The highest BCUT2D eigenvalue weighted by molar-refractivity contribution is 7.20. The maximum Gasteiger partial charge on any atom is 0.306 e. The van der Waals surface area contributed by atoms with E-state index in [1.54, 1.807) is 11.3 Å². The molecule has 4 heterocycles. The lowest BCUT2D eigenvalue weighted by molar-refractivity contribution is -0.143. The highest BCUT2D eigenvalue weighted by atomic mass is 35.5. The largest absolute Gasteiger partial charge is 0.481 e. The summed E-state index contributed by atoms with van der Waals surface area (Å²) in [4.78, 5) is 28.6. The minimum Gasteiger partial charge on any atom is -0.481 e. The fraction of sp³-hybridized carbons (Fsp3) is 0.708. The second kappa shape index (κ2) is 10.9. The molecule has 34 heavy (non-hydrogen) atoms. The number of halogens is 1. The SMILES string of the molecule is Cc1nn(C2CCOCC2)c2sc(C(=O)N[C@H]3CC[C@H](N4CCC(C(=O)O)CC4)CC3)cc12.Cl. The van der Waals surface area contributed by atoms with Crippen LogP contribution in [0.4, 0.5) is 0 Å². The Morgan fingerprint density at radius 2 is 1.74 bits per heavy atom. The van der Waals surface area contributed by atoms with Crippen LogP contribution in [0.15, 0.2) is 6.07 Å². The quantitative estimate of drug-likeness (QED) is 0.630. The Hall–Kier alpha value is -1.68. The fourth-order valence-corrected chi connectivity index (χ4v) is 6.85. The summed E-state index contributed by atoms with van der Waals surface area (Å²) in [6, 6.07) is 3.08. The first-order chi connectivity index (χ1) is 16.0. The standard InChI is InChI=1S/C24H34N4O4S.ClH/c1-15-20-14-21(33-23(20)28(26-15)19-8-12-32-13-9-19)22(29)25-17-2-4-18(5-3-17)27-10-6-16(7-11-27)24(30)31;/h14,16-19H,2-13H2,1H3,(H,25,29)(H,30,31);1H/t17-,18-;. The Morgan fingerprint density at radius 3 is 2.38 bits per heavy atom. The van der Waals surface area contributed by atoms with Crippen LogP contribution in [0, 0.1) is 12.8 Å². The summed E-state index contributed by atoms with van der Waals surface area (Å²) >= 11 is 1.55. The van der Waals surface area contributed by atoms with Crippen LogP contribution in [0.1, 0.15) is 72.8 Å². The van der Waals surface area contributed by atoms with Gasteiger partial charge in [0, 0.05) is 30.7 Å². The molecule has 2 aromatic heterocycles. The number of carboxylic acid groups (broad SMARTS) is 1. The monoisotopic (exact) mass is 510 g/mol. The van der Waals surface area contributed by atoms with Gasteiger partial charge >= 0.3 is 5.97 Å². The molecule has 0 aromatic carbocycles. The number of aliphatic carboxylic acids is 1. The van der Waals surface area contributed by atoms with Gasteiger partial charge in [0.1, 0.15) is 4.83 Å². The Morgan fingerprint density at radius 1 is 1.06 bits per heavy atom. The average molecular weight is 511 g/mol. The van der Waals surface area contributed by atoms with Crippen molar-refractivity contribution in [3.8, 4) is 0 Å². The van der Waals surface area contributed by atoms with E-state index in [9.17, 15) is 14.7 Å². The predicted octanol–water partition coefficient (Wildman–Crippen LogP) is 4.02. The summed E-state index contributed by atoms with van der Waals surface area (Å²) in [7, 11) is 0. The van der Waals surface area contributed by atoms with Crippen molar-refractivity contribution in [1.29, 1.82) is 0 Å². The van der Waals surface area contributed by atoms with E-state index >= 15 is 0 Å². The van der Waals surface area contributed by atoms with Crippen molar-refractivity contribution in [2.24, 2.45) is 5.92 Å². The molecule has 10 heteroatoms. The number of amides is 1. The van der Waals surface area contributed by atoms with Gasteiger partial charge in [-0.15, -0.1) is 23.7 Å². The molecule has 2 saturated heterocycles. The number of ether oxygens (including phenoxy) is 1. The Balaban J connectivity index is 0.00000274. The van der Waals surface area contributed by atoms with Crippen LogP contribution in [-0.2, 0) is 9.53 Å². The summed E-state index contributed by atoms with van der Waals surface area (Å²) < 4.78 is 7.62. The molecular weight excluding hydrogens is 476 g/mol. The lowest BCUT2D eigenvalue weighted by atomic mass is 9.87. The zero-order valence-electron chi connectivity index (χ0n) is 19.7. The number of nitrogens with one attached hydrogen (secondary N) is 1. The predicted molar refractivity (Wildman–Crippen MR) is 134 cm³/mol. The molecule has 0 spiro atoms. The lowest BCUT2D eigenvalue weighted by Crippen LogP contribution is -2.47. The molecule has 0 atom stereocenters. The van der Waals surface area contributed by atoms with E-state index in [1.807, 2.05) is 13.0 Å². The maximum atomic E-state index is 13.0. The molecule has 1 saturated carbocycles. The number of carbonyl (C=O) groups excluding carboxylic acids is 1. The van der Waals surface area contributed by atoms with Crippen molar-refractivity contribution in [2.45, 2.75) is 76.4 Å². The van der Waals surface area contributed by atoms with Crippen molar-refractivity contribution in [2.75, 3.05) is 26.3 Å². The number of rotatable bonds is 5. The van der Waals surface area contributed by atoms with Crippen molar-refractivity contribution in [1.82, 2.24) is 20.0 Å². The van der Waals surface area contributed by atoms with Gasteiger partial charge < -0.3 is 20.1 Å². The van der Waals surface area contributed by atoms with Crippen LogP contribution < -0.4 is 5.32 Å². The average Bonchev–Trinajstić information content (AvgIpc) is 3.41. The molecule has 0 radical (unpaired) electrons. The second-order valence-corrected chi connectivity index (χ2v) is 10.9.